The van der Waals surface area contributed by atoms with Gasteiger partial charge in [-0.3, -0.25) is 4.98 Å². The summed E-state index contributed by atoms with van der Waals surface area (Å²) in [5.74, 6) is -0.955. The molecule has 1 aromatic heterocycles. The Morgan fingerprint density at radius 2 is 1.35 bits per heavy atom. The number of hydrogen-bond donors (Lipinski definition) is 0. The second-order valence-electron chi connectivity index (χ2n) is 4.46. The molecule has 1 rings (SSSR count). The fourth-order valence-corrected chi connectivity index (χ4v) is 2.02. The summed E-state index contributed by atoms with van der Waals surface area (Å²) in [6.45, 7) is 4.02. The van der Waals surface area contributed by atoms with Crippen molar-refractivity contribution in [3.63, 3.8) is 0 Å². The van der Waals surface area contributed by atoms with Crippen LogP contribution in [0.5, 0.6) is 0 Å². The summed E-state index contributed by atoms with van der Waals surface area (Å²) >= 11 is 0. The van der Waals surface area contributed by atoms with Crippen molar-refractivity contribution in [2.45, 2.75) is 39.5 Å². The molecule has 0 radical (unpaired) electrons. The van der Waals surface area contributed by atoms with Gasteiger partial charge in [0.2, 0.25) is 0 Å². The van der Waals surface area contributed by atoms with Gasteiger partial charge in [0, 0.05) is 0 Å². The molecule has 0 aromatic carbocycles. The molecule has 1 heterocycles. The van der Waals surface area contributed by atoms with E-state index < -0.39 is 11.9 Å². The fourth-order valence-electron chi connectivity index (χ4n) is 2.02. The summed E-state index contributed by atoms with van der Waals surface area (Å²) < 4.78 is 9.52. The van der Waals surface area contributed by atoms with Gasteiger partial charge < -0.3 is 9.47 Å². The molecule has 0 unspecified atom stereocenters. The zero-order chi connectivity index (χ0) is 15.1. The van der Waals surface area contributed by atoms with E-state index in [9.17, 15) is 9.59 Å². The van der Waals surface area contributed by atoms with Gasteiger partial charge in [-0.15, -0.1) is 0 Å². The summed E-state index contributed by atoms with van der Waals surface area (Å²) in [5, 5.41) is 0. The molecule has 110 valence electrons. The molecule has 0 spiro atoms. The number of pyridine rings is 1. The minimum Gasteiger partial charge on any atom is -0.465 e. The topological polar surface area (TPSA) is 65.5 Å². The van der Waals surface area contributed by atoms with E-state index in [4.69, 9.17) is 9.47 Å². The molecule has 0 fully saturated rings. The predicted molar refractivity (Wildman–Crippen MR) is 74.9 cm³/mol. The molecule has 5 nitrogen and oxygen atoms in total. The first-order chi connectivity index (χ1) is 9.58. The Balaban J connectivity index is 3.42. The van der Waals surface area contributed by atoms with Gasteiger partial charge in [-0.1, -0.05) is 26.7 Å². The highest BCUT2D eigenvalue weighted by Crippen LogP contribution is 2.18. The quantitative estimate of drug-likeness (QED) is 0.749. The Labute approximate surface area is 119 Å². The van der Waals surface area contributed by atoms with E-state index in [1.165, 1.54) is 14.2 Å². The number of rotatable bonds is 6. The standard InChI is InChI=1S/C15H21NO4/c1-5-7-12-10(14(17)19-3)9-11(15(18)20-4)13(16-12)8-6-2/h9H,5-8H2,1-4H3. The van der Waals surface area contributed by atoms with Crippen molar-refractivity contribution in [1.82, 2.24) is 4.98 Å². The molecule has 0 atom stereocenters. The number of aromatic nitrogens is 1. The number of esters is 2. The third-order valence-corrected chi connectivity index (χ3v) is 2.96. The largest absolute Gasteiger partial charge is 0.465 e. The zero-order valence-electron chi connectivity index (χ0n) is 12.5. The average molecular weight is 279 g/mol. The molecule has 0 aliphatic carbocycles. The van der Waals surface area contributed by atoms with Crippen LogP contribution in [-0.4, -0.2) is 31.1 Å². The molecule has 0 amide bonds. The van der Waals surface area contributed by atoms with Crippen LogP contribution < -0.4 is 0 Å². The van der Waals surface area contributed by atoms with Crippen molar-refractivity contribution in [3.05, 3.63) is 28.6 Å². The number of carbonyl (C=O) groups is 2. The number of nitrogens with zero attached hydrogens (tertiary/aromatic N) is 1. The van der Waals surface area contributed by atoms with Crippen molar-refractivity contribution in [3.8, 4) is 0 Å². The lowest BCUT2D eigenvalue weighted by Crippen LogP contribution is -2.15. The highest BCUT2D eigenvalue weighted by atomic mass is 16.5. The fraction of sp³-hybridized carbons (Fsp3) is 0.533. The second kappa shape index (κ2) is 7.62. The third kappa shape index (κ3) is 3.56. The Bertz CT molecular complexity index is 456. The molecule has 5 heteroatoms. The normalized spacial score (nSPS) is 10.2. The SMILES string of the molecule is CCCc1nc(CCC)c(C(=O)OC)cc1C(=O)OC. The minimum absolute atomic E-state index is 0.342. The highest BCUT2D eigenvalue weighted by Gasteiger charge is 2.21. The molecule has 1 aromatic rings. The monoisotopic (exact) mass is 279 g/mol. The Kier molecular flexibility index (Phi) is 6.15. The van der Waals surface area contributed by atoms with E-state index in [0.717, 1.165) is 12.8 Å². The zero-order valence-corrected chi connectivity index (χ0v) is 12.5. The maximum Gasteiger partial charge on any atom is 0.339 e. The van der Waals surface area contributed by atoms with E-state index in [2.05, 4.69) is 4.98 Å². The Hall–Kier alpha value is -1.91. The van der Waals surface area contributed by atoms with E-state index in [0.29, 0.717) is 35.4 Å². The van der Waals surface area contributed by atoms with Gasteiger partial charge in [-0.05, 0) is 18.9 Å². The number of methoxy groups -OCH3 is 2. The van der Waals surface area contributed by atoms with Crippen molar-refractivity contribution in [1.29, 1.82) is 0 Å². The van der Waals surface area contributed by atoms with E-state index in [1.807, 2.05) is 13.8 Å². The summed E-state index contributed by atoms with van der Waals surface area (Å²) in [4.78, 5) is 28.1. The van der Waals surface area contributed by atoms with Crippen molar-refractivity contribution in [2.24, 2.45) is 0 Å². The van der Waals surface area contributed by atoms with Gasteiger partial charge in [0.05, 0.1) is 36.7 Å². The lowest BCUT2D eigenvalue weighted by Gasteiger charge is -2.12. The summed E-state index contributed by atoms with van der Waals surface area (Å²) in [5.41, 5.74) is 2.04. The van der Waals surface area contributed by atoms with Crippen LogP contribution in [0.15, 0.2) is 6.07 Å². The van der Waals surface area contributed by atoms with Gasteiger partial charge in [0.25, 0.3) is 0 Å². The lowest BCUT2D eigenvalue weighted by atomic mass is 10.0. The Morgan fingerprint density at radius 1 is 0.950 bits per heavy atom. The van der Waals surface area contributed by atoms with Crippen LogP contribution in [0, 0.1) is 0 Å². The summed E-state index contributed by atoms with van der Waals surface area (Å²) in [6, 6.07) is 1.54. The molecule has 0 bridgehead atoms. The van der Waals surface area contributed by atoms with E-state index in [1.54, 1.807) is 6.07 Å². The maximum absolute atomic E-state index is 11.8. The first-order valence-corrected chi connectivity index (χ1v) is 6.78. The van der Waals surface area contributed by atoms with Crippen LogP contribution in [-0.2, 0) is 22.3 Å². The van der Waals surface area contributed by atoms with Crippen LogP contribution in [0.25, 0.3) is 0 Å². The molecule has 0 N–H and O–H groups in total. The van der Waals surface area contributed by atoms with Crippen LogP contribution in [0.2, 0.25) is 0 Å². The Morgan fingerprint density at radius 3 is 1.65 bits per heavy atom. The van der Waals surface area contributed by atoms with Gasteiger partial charge in [0.15, 0.2) is 0 Å². The molecule has 0 saturated heterocycles. The minimum atomic E-state index is -0.478. The highest BCUT2D eigenvalue weighted by molar-refractivity contribution is 5.96. The van der Waals surface area contributed by atoms with Crippen LogP contribution >= 0.6 is 0 Å². The smallest absolute Gasteiger partial charge is 0.339 e. The van der Waals surface area contributed by atoms with Crippen LogP contribution in [0.4, 0.5) is 0 Å². The van der Waals surface area contributed by atoms with Gasteiger partial charge in [-0.25, -0.2) is 9.59 Å². The number of ether oxygens (including phenoxy) is 2. The molecular formula is C15H21NO4. The maximum atomic E-state index is 11.8. The molecule has 0 saturated carbocycles. The summed E-state index contributed by atoms with van der Waals surface area (Å²) in [7, 11) is 2.63. The molecule has 20 heavy (non-hydrogen) atoms. The first-order valence-electron chi connectivity index (χ1n) is 6.78. The van der Waals surface area contributed by atoms with E-state index in [-0.39, 0.29) is 0 Å². The van der Waals surface area contributed by atoms with Gasteiger partial charge in [0.1, 0.15) is 0 Å². The van der Waals surface area contributed by atoms with Crippen molar-refractivity contribution >= 4 is 11.9 Å². The summed E-state index contributed by atoms with van der Waals surface area (Å²) in [6.07, 6.45) is 3.06. The molecule has 0 aliphatic heterocycles. The van der Waals surface area contributed by atoms with Crippen LogP contribution in [0.3, 0.4) is 0 Å². The second-order valence-corrected chi connectivity index (χ2v) is 4.46. The van der Waals surface area contributed by atoms with E-state index >= 15 is 0 Å². The number of aryl methyl sites for hydroxylation is 2. The van der Waals surface area contributed by atoms with Crippen molar-refractivity contribution in [2.75, 3.05) is 14.2 Å². The molecule has 0 aliphatic rings. The predicted octanol–water partition coefficient (Wildman–Crippen LogP) is 2.56. The number of hydrogen-bond acceptors (Lipinski definition) is 5. The third-order valence-electron chi connectivity index (χ3n) is 2.96. The first kappa shape index (κ1) is 16.1. The number of carbonyl (C=O) groups excluding carboxylic acids is 2. The van der Waals surface area contributed by atoms with Gasteiger partial charge >= 0.3 is 11.9 Å². The van der Waals surface area contributed by atoms with Crippen molar-refractivity contribution < 1.29 is 19.1 Å². The average Bonchev–Trinajstić information content (AvgIpc) is 2.46. The lowest BCUT2D eigenvalue weighted by molar-refractivity contribution is 0.0596. The molecular weight excluding hydrogens is 258 g/mol. The van der Waals surface area contributed by atoms with Gasteiger partial charge in [-0.2, -0.15) is 0 Å². The van der Waals surface area contributed by atoms with Crippen LogP contribution in [0.1, 0.15) is 58.8 Å².